The summed E-state index contributed by atoms with van der Waals surface area (Å²) in [5.74, 6) is 0. The lowest BCUT2D eigenvalue weighted by atomic mass is 10.1. The predicted octanol–water partition coefficient (Wildman–Crippen LogP) is 1.71. The van der Waals surface area contributed by atoms with Crippen molar-refractivity contribution in [2.75, 3.05) is 13.1 Å². The van der Waals surface area contributed by atoms with Crippen LogP contribution in [0.1, 0.15) is 31.3 Å². The Morgan fingerprint density at radius 1 is 1.19 bits per heavy atom. The summed E-state index contributed by atoms with van der Waals surface area (Å²) in [4.78, 5) is 2.19. The van der Waals surface area contributed by atoms with Gasteiger partial charge in [-0.15, -0.1) is 0 Å². The van der Waals surface area contributed by atoms with Gasteiger partial charge in [0.25, 0.3) is 0 Å². The van der Waals surface area contributed by atoms with Crippen LogP contribution >= 0.6 is 0 Å². The molecule has 5 nitrogen and oxygen atoms in total. The number of aliphatic hydroxyl groups is 2. The molecule has 1 heterocycles. The highest BCUT2D eigenvalue weighted by Gasteiger charge is 2.13. The standard InChI is InChI=1S/C16H23N3O2/c1-4-18(5-2)10-19-14-8-11(3)6-7-12(14)9-13(15(19)17)16(20)21/h6-9,16-17,20-21H,4-5,10H2,1-3H3. The molecule has 2 rings (SSSR count). The molecule has 3 N–H and O–H groups in total. The summed E-state index contributed by atoms with van der Waals surface area (Å²) in [6.07, 6.45) is -1.63. The molecule has 0 spiro atoms. The highest BCUT2D eigenvalue weighted by atomic mass is 16.5. The Hall–Kier alpha value is -1.69. The molecule has 0 fully saturated rings. The van der Waals surface area contributed by atoms with Crippen LogP contribution in [0.3, 0.4) is 0 Å². The molecule has 114 valence electrons. The van der Waals surface area contributed by atoms with Gasteiger partial charge in [-0.25, -0.2) is 0 Å². The summed E-state index contributed by atoms with van der Waals surface area (Å²) >= 11 is 0. The molecule has 0 saturated carbocycles. The van der Waals surface area contributed by atoms with E-state index in [1.54, 1.807) is 6.07 Å². The summed E-state index contributed by atoms with van der Waals surface area (Å²) in [5, 5.41) is 28.2. The van der Waals surface area contributed by atoms with Crippen molar-refractivity contribution in [1.29, 1.82) is 5.41 Å². The monoisotopic (exact) mass is 289 g/mol. The van der Waals surface area contributed by atoms with Crippen LogP contribution in [0.4, 0.5) is 0 Å². The van der Waals surface area contributed by atoms with Gasteiger partial charge in [0, 0.05) is 0 Å². The van der Waals surface area contributed by atoms with E-state index < -0.39 is 6.29 Å². The molecule has 0 radical (unpaired) electrons. The highest BCUT2D eigenvalue weighted by Crippen LogP contribution is 2.18. The lowest BCUT2D eigenvalue weighted by Crippen LogP contribution is -2.34. The summed E-state index contributed by atoms with van der Waals surface area (Å²) in [6, 6.07) is 7.65. The van der Waals surface area contributed by atoms with Gasteiger partial charge in [-0.05, 0) is 43.1 Å². The average Bonchev–Trinajstić information content (AvgIpc) is 2.46. The second kappa shape index (κ2) is 6.39. The first kappa shape index (κ1) is 15.7. The SMILES string of the molecule is CCN(CC)Cn1c(=N)c(C(O)O)cc2ccc(C)cc21. The van der Waals surface area contributed by atoms with E-state index in [9.17, 15) is 10.2 Å². The van der Waals surface area contributed by atoms with Gasteiger partial charge >= 0.3 is 0 Å². The molecule has 0 amide bonds. The second-order valence-corrected chi connectivity index (χ2v) is 5.26. The van der Waals surface area contributed by atoms with Crippen LogP contribution in [-0.2, 0) is 6.67 Å². The second-order valence-electron chi connectivity index (χ2n) is 5.26. The molecular formula is C16H23N3O2. The fourth-order valence-corrected chi connectivity index (χ4v) is 2.49. The largest absolute Gasteiger partial charge is 0.364 e. The molecule has 21 heavy (non-hydrogen) atoms. The van der Waals surface area contributed by atoms with Gasteiger partial charge in [-0.2, -0.15) is 0 Å². The Morgan fingerprint density at radius 3 is 2.43 bits per heavy atom. The minimum atomic E-state index is -1.63. The van der Waals surface area contributed by atoms with E-state index >= 15 is 0 Å². The average molecular weight is 289 g/mol. The van der Waals surface area contributed by atoms with Crippen molar-refractivity contribution in [1.82, 2.24) is 9.47 Å². The Bertz CT molecular complexity index is 688. The fraction of sp³-hybridized carbons (Fsp3) is 0.438. The van der Waals surface area contributed by atoms with E-state index in [0.717, 1.165) is 29.6 Å². The van der Waals surface area contributed by atoms with Crippen LogP contribution in [0, 0.1) is 12.3 Å². The lowest BCUT2D eigenvalue weighted by Gasteiger charge is -2.23. The molecule has 0 atom stereocenters. The number of aliphatic hydroxyl groups excluding tert-OH is 1. The van der Waals surface area contributed by atoms with E-state index in [0.29, 0.717) is 6.67 Å². The number of rotatable bonds is 5. The third-order valence-corrected chi connectivity index (χ3v) is 3.85. The molecule has 5 heteroatoms. The fourth-order valence-electron chi connectivity index (χ4n) is 2.49. The number of benzene rings is 1. The van der Waals surface area contributed by atoms with Gasteiger partial charge < -0.3 is 14.8 Å². The maximum absolute atomic E-state index is 9.50. The number of fused-ring (bicyclic) bond motifs is 1. The molecule has 0 aliphatic carbocycles. The van der Waals surface area contributed by atoms with Crippen molar-refractivity contribution < 1.29 is 10.2 Å². The van der Waals surface area contributed by atoms with Crippen molar-refractivity contribution in [3.8, 4) is 0 Å². The number of hydrogen-bond acceptors (Lipinski definition) is 4. The number of aryl methyl sites for hydroxylation is 1. The molecule has 0 aliphatic heterocycles. The highest BCUT2D eigenvalue weighted by molar-refractivity contribution is 5.80. The first-order valence-corrected chi connectivity index (χ1v) is 7.25. The number of hydrogen-bond donors (Lipinski definition) is 3. The van der Waals surface area contributed by atoms with Gasteiger partial charge in [0.05, 0.1) is 17.7 Å². The summed E-state index contributed by atoms with van der Waals surface area (Å²) in [6.45, 7) is 8.48. The van der Waals surface area contributed by atoms with Crippen molar-refractivity contribution in [2.45, 2.75) is 33.7 Å². The van der Waals surface area contributed by atoms with Gasteiger partial charge in [-0.1, -0.05) is 26.0 Å². The van der Waals surface area contributed by atoms with Crippen LogP contribution in [0.2, 0.25) is 0 Å². The van der Waals surface area contributed by atoms with Crippen LogP contribution in [0.25, 0.3) is 10.9 Å². The Labute approximate surface area is 124 Å². The minimum Gasteiger partial charge on any atom is -0.364 e. The lowest BCUT2D eigenvalue weighted by molar-refractivity contribution is -0.0441. The van der Waals surface area contributed by atoms with Crippen molar-refractivity contribution >= 4 is 10.9 Å². The topological polar surface area (TPSA) is 72.5 Å². The Balaban J connectivity index is 2.71. The van der Waals surface area contributed by atoms with Gasteiger partial charge in [-0.3, -0.25) is 10.3 Å². The molecule has 1 aromatic heterocycles. The number of nitrogens with zero attached hydrogens (tertiary/aromatic N) is 2. The molecule has 2 aromatic rings. The number of pyridine rings is 1. The molecule has 0 saturated heterocycles. The van der Waals surface area contributed by atoms with Crippen LogP contribution < -0.4 is 5.49 Å². The van der Waals surface area contributed by atoms with Crippen LogP contribution in [0.15, 0.2) is 24.3 Å². The van der Waals surface area contributed by atoms with Crippen molar-refractivity contribution in [3.63, 3.8) is 0 Å². The van der Waals surface area contributed by atoms with E-state index in [4.69, 9.17) is 5.41 Å². The molecular weight excluding hydrogens is 266 g/mol. The van der Waals surface area contributed by atoms with Crippen LogP contribution in [-0.4, -0.2) is 32.8 Å². The van der Waals surface area contributed by atoms with E-state index in [2.05, 4.69) is 18.7 Å². The summed E-state index contributed by atoms with van der Waals surface area (Å²) < 4.78 is 1.84. The van der Waals surface area contributed by atoms with Gasteiger partial charge in [0.15, 0.2) is 6.29 Å². The molecule has 0 bridgehead atoms. The maximum atomic E-state index is 9.50. The summed E-state index contributed by atoms with van der Waals surface area (Å²) in [5.41, 5.74) is 2.44. The predicted molar refractivity (Wildman–Crippen MR) is 82.6 cm³/mol. The van der Waals surface area contributed by atoms with Gasteiger partial charge in [0.1, 0.15) is 5.49 Å². The Kier molecular flexibility index (Phi) is 4.77. The normalized spacial score (nSPS) is 11.8. The smallest absolute Gasteiger partial charge is 0.182 e. The quantitative estimate of drug-likeness (QED) is 0.734. The zero-order valence-corrected chi connectivity index (χ0v) is 12.8. The third kappa shape index (κ3) is 3.15. The first-order valence-electron chi connectivity index (χ1n) is 7.25. The molecule has 1 aromatic carbocycles. The minimum absolute atomic E-state index is 0.148. The molecule has 0 aliphatic rings. The Morgan fingerprint density at radius 2 is 1.86 bits per heavy atom. The molecule has 0 unspecified atom stereocenters. The van der Waals surface area contributed by atoms with Crippen molar-refractivity contribution in [3.05, 3.63) is 40.9 Å². The zero-order chi connectivity index (χ0) is 15.6. The van der Waals surface area contributed by atoms with Crippen LogP contribution in [0.5, 0.6) is 0 Å². The summed E-state index contributed by atoms with van der Waals surface area (Å²) in [7, 11) is 0. The first-order chi connectivity index (χ1) is 9.97. The third-order valence-electron chi connectivity index (χ3n) is 3.85. The van der Waals surface area contributed by atoms with E-state index in [1.165, 1.54) is 0 Å². The maximum Gasteiger partial charge on any atom is 0.182 e. The van der Waals surface area contributed by atoms with E-state index in [-0.39, 0.29) is 11.1 Å². The number of nitrogens with one attached hydrogen (secondary N) is 1. The van der Waals surface area contributed by atoms with E-state index in [1.807, 2.05) is 29.7 Å². The number of aromatic nitrogens is 1. The van der Waals surface area contributed by atoms with Crippen molar-refractivity contribution in [2.24, 2.45) is 0 Å². The zero-order valence-electron chi connectivity index (χ0n) is 12.8. The van der Waals surface area contributed by atoms with Gasteiger partial charge in [0.2, 0.25) is 0 Å².